The molecule has 0 aliphatic rings. The largest absolute Gasteiger partial charge is 0.496 e. The van der Waals surface area contributed by atoms with Crippen molar-refractivity contribution in [2.45, 2.75) is 91.0 Å². The van der Waals surface area contributed by atoms with Crippen molar-refractivity contribution in [3.63, 3.8) is 0 Å². The Kier molecular flexibility index (Phi) is 12.3. The number of hydrogen-bond donors (Lipinski definition) is 2. The molecule has 0 aliphatic heterocycles. The third-order valence-corrected chi connectivity index (χ3v) is 5.47. The molecule has 0 aliphatic carbocycles. The number of aryl methyl sites for hydroxylation is 1. The number of ether oxygens (including phenoxy) is 2. The molecule has 0 saturated heterocycles. The van der Waals surface area contributed by atoms with Crippen LogP contribution < -0.4 is 15.2 Å². The number of hydrogen-bond acceptors (Lipinski definition) is 4. The summed E-state index contributed by atoms with van der Waals surface area (Å²) in [5.74, 6) is 2.96. The fourth-order valence-electron chi connectivity index (χ4n) is 3.84. The lowest BCUT2D eigenvalue weighted by Gasteiger charge is -2.29. The van der Waals surface area contributed by atoms with Crippen molar-refractivity contribution in [2.24, 2.45) is 17.6 Å². The highest BCUT2D eigenvalue weighted by Gasteiger charge is 2.25. The van der Waals surface area contributed by atoms with Crippen LogP contribution in [-0.2, 0) is 6.42 Å². The Labute approximate surface area is 179 Å². The first-order valence-corrected chi connectivity index (χ1v) is 11.5. The van der Waals surface area contributed by atoms with Crippen LogP contribution in [-0.4, -0.2) is 31.0 Å². The number of benzene rings is 1. The molecule has 1 rings (SSSR count). The van der Waals surface area contributed by atoms with Gasteiger partial charge in [-0.05, 0) is 49.1 Å². The van der Waals surface area contributed by atoms with Gasteiger partial charge in [0.05, 0.1) is 20.3 Å². The van der Waals surface area contributed by atoms with Gasteiger partial charge in [-0.3, -0.25) is 0 Å². The second kappa shape index (κ2) is 13.9. The maximum absolute atomic E-state index is 9.72. The van der Waals surface area contributed by atoms with Crippen LogP contribution in [0.2, 0.25) is 0 Å². The summed E-state index contributed by atoms with van der Waals surface area (Å²) in [5, 5.41) is 9.72. The molecule has 4 nitrogen and oxygen atoms in total. The van der Waals surface area contributed by atoms with Crippen molar-refractivity contribution < 1.29 is 14.6 Å². The fourth-order valence-corrected chi connectivity index (χ4v) is 3.84. The molecule has 168 valence electrons. The van der Waals surface area contributed by atoms with Gasteiger partial charge in [0.15, 0.2) is 0 Å². The molecule has 0 radical (unpaired) electrons. The van der Waals surface area contributed by atoms with Gasteiger partial charge in [-0.2, -0.15) is 0 Å². The molecule has 0 aromatic heterocycles. The molecule has 0 bridgehead atoms. The predicted molar refractivity (Wildman–Crippen MR) is 123 cm³/mol. The Bertz CT molecular complexity index is 559. The van der Waals surface area contributed by atoms with E-state index < -0.39 is 5.54 Å². The number of aliphatic hydroxyl groups excluding tert-OH is 1. The van der Waals surface area contributed by atoms with Crippen molar-refractivity contribution in [3.05, 3.63) is 23.8 Å². The van der Waals surface area contributed by atoms with Crippen molar-refractivity contribution in [2.75, 3.05) is 20.3 Å². The first-order valence-electron chi connectivity index (χ1n) is 11.5. The molecule has 1 unspecified atom stereocenters. The predicted octanol–water partition coefficient (Wildman–Crippen LogP) is 5.74. The molecule has 3 N–H and O–H groups in total. The van der Waals surface area contributed by atoms with Crippen LogP contribution in [0.1, 0.15) is 84.6 Å². The van der Waals surface area contributed by atoms with Gasteiger partial charge >= 0.3 is 0 Å². The summed E-state index contributed by atoms with van der Waals surface area (Å²) in [6.07, 6.45) is 9.94. The van der Waals surface area contributed by atoms with Crippen LogP contribution in [0, 0.1) is 11.8 Å². The summed E-state index contributed by atoms with van der Waals surface area (Å²) in [7, 11) is 1.69. The molecule has 29 heavy (non-hydrogen) atoms. The van der Waals surface area contributed by atoms with Crippen LogP contribution in [0.5, 0.6) is 11.5 Å². The normalized spacial score (nSPS) is 13.7. The van der Waals surface area contributed by atoms with Crippen molar-refractivity contribution in [3.8, 4) is 11.5 Å². The first-order chi connectivity index (χ1) is 13.8. The Morgan fingerprint density at radius 1 is 1.00 bits per heavy atom. The molecule has 0 spiro atoms. The fraction of sp³-hybridized carbons (Fsp3) is 0.760. The van der Waals surface area contributed by atoms with E-state index in [4.69, 9.17) is 15.2 Å². The smallest absolute Gasteiger partial charge is 0.125 e. The first kappa shape index (κ1) is 25.8. The quantitative estimate of drug-likeness (QED) is 0.343. The molecule has 4 heteroatoms. The topological polar surface area (TPSA) is 64.7 Å². The second-order valence-electron chi connectivity index (χ2n) is 9.39. The molecule has 0 amide bonds. The standard InChI is InChI=1S/C25H45NO3/c1-20(2)11-9-7-6-8-10-16-29-23-13-12-22(24(17-23)28-5)14-15-25(26,19-27)18-21(3)4/h12-13,17,20-21,27H,6-11,14-16,18-19,26H2,1-5H3. The summed E-state index contributed by atoms with van der Waals surface area (Å²) >= 11 is 0. The number of methoxy groups -OCH3 is 1. The lowest BCUT2D eigenvalue weighted by Crippen LogP contribution is -2.45. The van der Waals surface area contributed by atoms with Crippen LogP contribution in [0.3, 0.4) is 0 Å². The van der Waals surface area contributed by atoms with E-state index in [1.165, 1.54) is 32.1 Å². The molecule has 0 saturated carbocycles. The molecule has 0 fully saturated rings. The summed E-state index contributed by atoms with van der Waals surface area (Å²) < 4.78 is 11.5. The molecular weight excluding hydrogens is 362 g/mol. The van der Waals surface area contributed by atoms with Gasteiger partial charge in [0.1, 0.15) is 11.5 Å². The number of unbranched alkanes of at least 4 members (excludes halogenated alkanes) is 4. The van der Waals surface area contributed by atoms with Gasteiger partial charge in [0.2, 0.25) is 0 Å². The van der Waals surface area contributed by atoms with E-state index in [9.17, 15) is 5.11 Å². The number of aliphatic hydroxyl groups is 1. The highest BCUT2D eigenvalue weighted by atomic mass is 16.5. The molecule has 1 atom stereocenters. The van der Waals surface area contributed by atoms with Gasteiger partial charge in [-0.15, -0.1) is 0 Å². The van der Waals surface area contributed by atoms with Gasteiger partial charge in [-0.25, -0.2) is 0 Å². The second-order valence-corrected chi connectivity index (χ2v) is 9.39. The van der Waals surface area contributed by atoms with Crippen molar-refractivity contribution in [1.29, 1.82) is 0 Å². The molecule has 1 aromatic rings. The van der Waals surface area contributed by atoms with Crippen LogP contribution in [0.15, 0.2) is 18.2 Å². The van der Waals surface area contributed by atoms with E-state index in [2.05, 4.69) is 33.8 Å². The Hall–Kier alpha value is -1.26. The maximum Gasteiger partial charge on any atom is 0.125 e. The summed E-state index contributed by atoms with van der Waals surface area (Å²) in [6, 6.07) is 6.05. The summed E-state index contributed by atoms with van der Waals surface area (Å²) in [6.45, 7) is 9.60. The van der Waals surface area contributed by atoms with Gasteiger partial charge < -0.3 is 20.3 Å². The number of nitrogens with two attached hydrogens (primary N) is 1. The lowest BCUT2D eigenvalue weighted by atomic mass is 9.85. The highest BCUT2D eigenvalue weighted by Crippen LogP contribution is 2.28. The molecule has 0 heterocycles. The highest BCUT2D eigenvalue weighted by molar-refractivity contribution is 5.41. The van der Waals surface area contributed by atoms with Crippen LogP contribution in [0.25, 0.3) is 0 Å². The SMILES string of the molecule is COc1cc(OCCCCCCCC(C)C)ccc1CCC(N)(CO)CC(C)C. The van der Waals surface area contributed by atoms with Gasteiger partial charge in [-0.1, -0.05) is 65.9 Å². The maximum atomic E-state index is 9.72. The Balaban J connectivity index is 2.43. The van der Waals surface area contributed by atoms with E-state index in [1.807, 2.05) is 12.1 Å². The van der Waals surface area contributed by atoms with Crippen molar-refractivity contribution in [1.82, 2.24) is 0 Å². The van der Waals surface area contributed by atoms with Crippen LogP contribution in [0.4, 0.5) is 0 Å². The lowest BCUT2D eigenvalue weighted by molar-refractivity contribution is 0.165. The summed E-state index contributed by atoms with van der Waals surface area (Å²) in [4.78, 5) is 0. The van der Waals surface area contributed by atoms with E-state index in [0.29, 0.717) is 5.92 Å². The van der Waals surface area contributed by atoms with E-state index in [0.717, 1.165) is 55.3 Å². The van der Waals surface area contributed by atoms with E-state index in [-0.39, 0.29) is 6.61 Å². The third-order valence-electron chi connectivity index (χ3n) is 5.47. The zero-order valence-corrected chi connectivity index (χ0v) is 19.5. The van der Waals surface area contributed by atoms with E-state index in [1.54, 1.807) is 7.11 Å². The monoisotopic (exact) mass is 407 g/mol. The zero-order valence-electron chi connectivity index (χ0n) is 19.5. The summed E-state index contributed by atoms with van der Waals surface area (Å²) in [5.41, 5.74) is 6.96. The van der Waals surface area contributed by atoms with Crippen LogP contribution >= 0.6 is 0 Å². The number of rotatable bonds is 16. The zero-order chi connectivity index (χ0) is 21.7. The minimum atomic E-state index is -0.538. The Morgan fingerprint density at radius 2 is 1.69 bits per heavy atom. The Morgan fingerprint density at radius 3 is 2.31 bits per heavy atom. The van der Waals surface area contributed by atoms with Crippen molar-refractivity contribution >= 4 is 0 Å². The third kappa shape index (κ3) is 10.9. The average molecular weight is 408 g/mol. The minimum Gasteiger partial charge on any atom is -0.496 e. The average Bonchev–Trinajstić information content (AvgIpc) is 2.68. The van der Waals surface area contributed by atoms with Gasteiger partial charge in [0, 0.05) is 11.6 Å². The molecule has 1 aromatic carbocycles. The minimum absolute atomic E-state index is 0.00611. The van der Waals surface area contributed by atoms with Gasteiger partial charge in [0.25, 0.3) is 0 Å². The molecular formula is C25H45NO3. The van der Waals surface area contributed by atoms with E-state index >= 15 is 0 Å².